The minimum absolute atomic E-state index is 0.0543. The topological polar surface area (TPSA) is 44.1 Å². The molecule has 4 nitrogen and oxygen atoms in total. The fraction of sp³-hybridized carbons (Fsp3) is 0.263. The summed E-state index contributed by atoms with van der Waals surface area (Å²) in [5.74, 6) is 0.748. The van der Waals surface area contributed by atoms with Gasteiger partial charge in [-0.15, -0.1) is 0 Å². The first-order valence-corrected chi connectivity index (χ1v) is 7.68. The Kier molecular flexibility index (Phi) is 3.90. The van der Waals surface area contributed by atoms with Crippen LogP contribution in [0.5, 0.6) is 5.75 Å². The lowest BCUT2D eigenvalue weighted by Crippen LogP contribution is -2.25. The fourth-order valence-corrected chi connectivity index (χ4v) is 2.84. The van der Waals surface area contributed by atoms with Crippen LogP contribution in [-0.4, -0.2) is 16.7 Å². The molecule has 0 spiro atoms. The number of aromatic nitrogens is 2. The van der Waals surface area contributed by atoms with Crippen molar-refractivity contribution in [3.63, 3.8) is 0 Å². The molecule has 0 N–H and O–H groups in total. The molecule has 0 radical (unpaired) electrons. The van der Waals surface area contributed by atoms with Gasteiger partial charge in [0.25, 0.3) is 0 Å². The second-order valence-electron chi connectivity index (χ2n) is 5.96. The van der Waals surface area contributed by atoms with Gasteiger partial charge in [0.1, 0.15) is 5.75 Å². The van der Waals surface area contributed by atoms with Crippen molar-refractivity contribution in [3.8, 4) is 17.0 Å². The number of ether oxygens (including phenoxy) is 1. The molecule has 3 rings (SSSR count). The summed E-state index contributed by atoms with van der Waals surface area (Å²) in [5.41, 5.74) is 3.38. The Morgan fingerprint density at radius 1 is 1.13 bits per heavy atom. The third-order valence-electron chi connectivity index (χ3n) is 3.94. The average molecular weight is 308 g/mol. The summed E-state index contributed by atoms with van der Waals surface area (Å²) in [6.07, 6.45) is 0. The standard InChI is InChI=1S/C19H20N2O2/c1-12(2)21-17-10-13(3)8-9-16(17)18(20-19(21)22)14-6-5-7-15(11-14)23-4/h5-12H,1-4H3. The summed E-state index contributed by atoms with van der Waals surface area (Å²) >= 11 is 0. The second-order valence-corrected chi connectivity index (χ2v) is 5.96. The van der Waals surface area contributed by atoms with Gasteiger partial charge in [0.15, 0.2) is 0 Å². The molecule has 0 aliphatic rings. The molecular formula is C19H20N2O2. The van der Waals surface area contributed by atoms with Crippen LogP contribution in [0.4, 0.5) is 0 Å². The highest BCUT2D eigenvalue weighted by Gasteiger charge is 2.14. The summed E-state index contributed by atoms with van der Waals surface area (Å²) in [5, 5.41) is 0.970. The molecule has 0 saturated heterocycles. The number of fused-ring (bicyclic) bond motifs is 1. The highest BCUT2D eigenvalue weighted by molar-refractivity contribution is 5.93. The Balaban J connectivity index is 2.38. The maximum absolute atomic E-state index is 12.6. The van der Waals surface area contributed by atoms with Gasteiger partial charge in [-0.2, -0.15) is 4.98 Å². The molecule has 0 unspecified atom stereocenters. The van der Waals surface area contributed by atoms with Crippen molar-refractivity contribution in [2.24, 2.45) is 0 Å². The summed E-state index contributed by atoms with van der Waals surface area (Å²) in [6.45, 7) is 6.02. The van der Waals surface area contributed by atoms with Crippen molar-refractivity contribution in [3.05, 3.63) is 58.5 Å². The molecule has 1 heterocycles. The van der Waals surface area contributed by atoms with Gasteiger partial charge in [-0.05, 0) is 44.5 Å². The Morgan fingerprint density at radius 3 is 2.61 bits per heavy atom. The zero-order valence-corrected chi connectivity index (χ0v) is 13.8. The van der Waals surface area contributed by atoms with E-state index in [9.17, 15) is 4.79 Å². The fourth-order valence-electron chi connectivity index (χ4n) is 2.84. The van der Waals surface area contributed by atoms with Crippen molar-refractivity contribution in [2.75, 3.05) is 7.11 Å². The second kappa shape index (κ2) is 5.88. The number of hydrogen-bond donors (Lipinski definition) is 0. The van der Waals surface area contributed by atoms with Crippen molar-refractivity contribution >= 4 is 10.9 Å². The van der Waals surface area contributed by atoms with Crippen LogP contribution in [0.3, 0.4) is 0 Å². The molecule has 0 amide bonds. The van der Waals surface area contributed by atoms with Crippen LogP contribution >= 0.6 is 0 Å². The lowest BCUT2D eigenvalue weighted by molar-refractivity contribution is 0.415. The van der Waals surface area contributed by atoms with E-state index < -0.39 is 0 Å². The predicted molar refractivity (Wildman–Crippen MR) is 93.1 cm³/mol. The number of hydrogen-bond acceptors (Lipinski definition) is 3. The highest BCUT2D eigenvalue weighted by atomic mass is 16.5. The first-order chi connectivity index (χ1) is 11.0. The van der Waals surface area contributed by atoms with Crippen LogP contribution in [0, 0.1) is 6.92 Å². The van der Waals surface area contributed by atoms with E-state index in [0.717, 1.165) is 27.8 Å². The summed E-state index contributed by atoms with van der Waals surface area (Å²) in [4.78, 5) is 16.9. The highest BCUT2D eigenvalue weighted by Crippen LogP contribution is 2.29. The molecule has 0 bridgehead atoms. The third kappa shape index (κ3) is 2.72. The lowest BCUT2D eigenvalue weighted by atomic mass is 10.0. The molecule has 1 aromatic heterocycles. The minimum atomic E-state index is -0.226. The zero-order valence-electron chi connectivity index (χ0n) is 13.8. The average Bonchev–Trinajstić information content (AvgIpc) is 2.53. The molecule has 2 aromatic carbocycles. The molecule has 0 saturated carbocycles. The van der Waals surface area contributed by atoms with Crippen LogP contribution < -0.4 is 10.4 Å². The van der Waals surface area contributed by atoms with Gasteiger partial charge in [-0.1, -0.05) is 24.3 Å². The maximum atomic E-state index is 12.6. The van der Waals surface area contributed by atoms with Gasteiger partial charge in [-0.25, -0.2) is 4.79 Å². The first kappa shape index (κ1) is 15.3. The number of nitrogens with zero attached hydrogens (tertiary/aromatic N) is 2. The van der Waals surface area contributed by atoms with E-state index in [0.29, 0.717) is 5.69 Å². The Hall–Kier alpha value is -2.62. The molecule has 4 heteroatoms. The van der Waals surface area contributed by atoms with E-state index in [1.165, 1.54) is 0 Å². The van der Waals surface area contributed by atoms with E-state index in [-0.39, 0.29) is 11.7 Å². The monoisotopic (exact) mass is 308 g/mol. The van der Waals surface area contributed by atoms with E-state index in [1.807, 2.05) is 63.2 Å². The quantitative estimate of drug-likeness (QED) is 0.735. The summed E-state index contributed by atoms with van der Waals surface area (Å²) in [7, 11) is 1.63. The van der Waals surface area contributed by atoms with Crippen molar-refractivity contribution in [1.82, 2.24) is 9.55 Å². The first-order valence-electron chi connectivity index (χ1n) is 7.68. The van der Waals surface area contributed by atoms with E-state index in [2.05, 4.69) is 4.98 Å². The lowest BCUT2D eigenvalue weighted by Gasteiger charge is -2.16. The third-order valence-corrected chi connectivity index (χ3v) is 3.94. The largest absolute Gasteiger partial charge is 0.497 e. The zero-order chi connectivity index (χ0) is 16.6. The smallest absolute Gasteiger partial charge is 0.348 e. The molecule has 0 atom stereocenters. The SMILES string of the molecule is COc1cccc(-c2nc(=O)n(C(C)C)c3cc(C)ccc23)c1. The van der Waals surface area contributed by atoms with Gasteiger partial charge in [0.2, 0.25) is 0 Å². The van der Waals surface area contributed by atoms with Gasteiger partial charge in [0.05, 0.1) is 18.3 Å². The van der Waals surface area contributed by atoms with Gasteiger partial charge < -0.3 is 4.74 Å². The number of benzene rings is 2. The van der Waals surface area contributed by atoms with Crippen LogP contribution in [0.1, 0.15) is 25.5 Å². The predicted octanol–water partition coefficient (Wildman–Crippen LogP) is 3.96. The summed E-state index contributed by atoms with van der Waals surface area (Å²) in [6, 6.07) is 13.8. The number of aryl methyl sites for hydroxylation is 1. The van der Waals surface area contributed by atoms with Crippen molar-refractivity contribution in [1.29, 1.82) is 0 Å². The van der Waals surface area contributed by atoms with Crippen molar-refractivity contribution in [2.45, 2.75) is 26.8 Å². The van der Waals surface area contributed by atoms with Crippen LogP contribution in [-0.2, 0) is 0 Å². The Bertz CT molecular complexity index is 926. The van der Waals surface area contributed by atoms with Gasteiger partial charge >= 0.3 is 5.69 Å². The Labute approximate surface area is 135 Å². The van der Waals surface area contributed by atoms with Crippen LogP contribution in [0.2, 0.25) is 0 Å². The Morgan fingerprint density at radius 2 is 1.91 bits per heavy atom. The number of methoxy groups -OCH3 is 1. The van der Waals surface area contributed by atoms with Gasteiger partial charge in [0, 0.05) is 17.0 Å². The molecule has 118 valence electrons. The van der Waals surface area contributed by atoms with E-state index >= 15 is 0 Å². The molecule has 0 fully saturated rings. The van der Waals surface area contributed by atoms with Gasteiger partial charge in [-0.3, -0.25) is 4.57 Å². The van der Waals surface area contributed by atoms with E-state index in [4.69, 9.17) is 4.74 Å². The normalized spacial score (nSPS) is 11.2. The molecule has 23 heavy (non-hydrogen) atoms. The molecule has 0 aliphatic heterocycles. The molecule has 3 aromatic rings. The molecular weight excluding hydrogens is 288 g/mol. The van der Waals surface area contributed by atoms with E-state index in [1.54, 1.807) is 11.7 Å². The molecule has 0 aliphatic carbocycles. The van der Waals surface area contributed by atoms with Crippen molar-refractivity contribution < 1.29 is 4.74 Å². The summed E-state index contributed by atoms with van der Waals surface area (Å²) < 4.78 is 7.03. The van der Waals surface area contributed by atoms with Crippen LogP contribution in [0.25, 0.3) is 22.2 Å². The number of rotatable bonds is 3. The minimum Gasteiger partial charge on any atom is -0.497 e. The van der Waals surface area contributed by atoms with Crippen LogP contribution in [0.15, 0.2) is 47.3 Å². The maximum Gasteiger partial charge on any atom is 0.348 e.